The summed E-state index contributed by atoms with van der Waals surface area (Å²) in [6.45, 7) is 0. The molecule has 2 aromatic rings. The molecule has 0 saturated heterocycles. The molecule has 23 heavy (non-hydrogen) atoms. The van der Waals surface area contributed by atoms with Crippen molar-refractivity contribution in [2.75, 3.05) is 5.32 Å². The number of halogens is 1. The second-order valence-electron chi connectivity index (χ2n) is 5.16. The molecule has 0 heterocycles. The van der Waals surface area contributed by atoms with E-state index in [-0.39, 0.29) is 11.8 Å². The van der Waals surface area contributed by atoms with Crippen LogP contribution >= 0.6 is 11.6 Å². The first kappa shape index (κ1) is 16.9. The van der Waals surface area contributed by atoms with Crippen LogP contribution in [0.2, 0.25) is 5.02 Å². The molecule has 0 aliphatic rings. The standard InChI is InChI=1S/C18H18ClN3O/c19-16-6-1-13(2-7-16)3-10-18(23)22-17-8-4-14(5-9-17)15(11-20)12-21/h1-2,4-9,11-12,15,20-21H,3,10H2,(H,22,23). The van der Waals surface area contributed by atoms with Crippen molar-refractivity contribution < 1.29 is 4.79 Å². The van der Waals surface area contributed by atoms with Crippen LogP contribution in [0.15, 0.2) is 48.5 Å². The molecule has 4 nitrogen and oxygen atoms in total. The van der Waals surface area contributed by atoms with E-state index in [4.69, 9.17) is 22.4 Å². The maximum absolute atomic E-state index is 12.0. The summed E-state index contributed by atoms with van der Waals surface area (Å²) in [4.78, 5) is 12.0. The van der Waals surface area contributed by atoms with Crippen molar-refractivity contribution in [2.45, 2.75) is 18.8 Å². The van der Waals surface area contributed by atoms with Crippen LogP contribution in [0.25, 0.3) is 0 Å². The average Bonchev–Trinajstić information content (AvgIpc) is 2.57. The van der Waals surface area contributed by atoms with Crippen molar-refractivity contribution in [3.63, 3.8) is 0 Å². The average molecular weight is 328 g/mol. The van der Waals surface area contributed by atoms with Crippen molar-refractivity contribution in [3.05, 3.63) is 64.7 Å². The molecule has 0 atom stereocenters. The van der Waals surface area contributed by atoms with Gasteiger partial charge in [-0.3, -0.25) is 4.79 Å². The molecule has 0 spiro atoms. The normalized spacial score (nSPS) is 11.5. The van der Waals surface area contributed by atoms with Crippen LogP contribution in [-0.4, -0.2) is 18.3 Å². The molecule has 0 aliphatic carbocycles. The van der Waals surface area contributed by atoms with E-state index in [0.29, 0.717) is 23.6 Å². The monoisotopic (exact) mass is 327 g/mol. The molecule has 3 N–H and O–H groups in total. The first-order valence-corrected chi connectivity index (χ1v) is 7.65. The molecule has 0 aliphatic heterocycles. The van der Waals surface area contributed by atoms with Gasteiger partial charge in [-0.25, -0.2) is 0 Å². The van der Waals surface area contributed by atoms with Crippen LogP contribution in [0.4, 0.5) is 5.69 Å². The number of benzene rings is 2. The van der Waals surface area contributed by atoms with E-state index in [2.05, 4.69) is 5.32 Å². The molecule has 2 rings (SSSR count). The van der Waals surface area contributed by atoms with E-state index < -0.39 is 0 Å². The molecule has 0 radical (unpaired) electrons. The lowest BCUT2D eigenvalue weighted by molar-refractivity contribution is -0.116. The molecular weight excluding hydrogens is 310 g/mol. The molecular formula is C18H18ClN3O. The fraction of sp³-hybridized carbons (Fsp3) is 0.167. The number of hydrogen-bond donors (Lipinski definition) is 3. The van der Waals surface area contributed by atoms with Gasteiger partial charge in [-0.2, -0.15) is 0 Å². The molecule has 118 valence electrons. The predicted octanol–water partition coefficient (Wildman–Crippen LogP) is 4.29. The summed E-state index contributed by atoms with van der Waals surface area (Å²) >= 11 is 5.83. The highest BCUT2D eigenvalue weighted by Crippen LogP contribution is 2.16. The van der Waals surface area contributed by atoms with Crippen molar-refractivity contribution >= 4 is 35.6 Å². The van der Waals surface area contributed by atoms with Crippen molar-refractivity contribution in [3.8, 4) is 0 Å². The maximum Gasteiger partial charge on any atom is 0.224 e. The Morgan fingerprint density at radius 3 is 2.22 bits per heavy atom. The molecule has 0 bridgehead atoms. The molecule has 1 amide bonds. The molecule has 0 unspecified atom stereocenters. The Bertz CT molecular complexity index is 672. The van der Waals surface area contributed by atoms with Gasteiger partial charge in [0.15, 0.2) is 0 Å². The Morgan fingerprint density at radius 2 is 1.65 bits per heavy atom. The first-order valence-electron chi connectivity index (χ1n) is 7.28. The highest BCUT2D eigenvalue weighted by molar-refractivity contribution is 6.30. The van der Waals surface area contributed by atoms with Crippen LogP contribution in [0.5, 0.6) is 0 Å². The quantitative estimate of drug-likeness (QED) is 0.652. The zero-order chi connectivity index (χ0) is 16.7. The van der Waals surface area contributed by atoms with Crippen LogP contribution in [-0.2, 0) is 11.2 Å². The number of rotatable bonds is 7. The van der Waals surface area contributed by atoms with E-state index in [1.807, 2.05) is 36.4 Å². The minimum Gasteiger partial charge on any atom is -0.326 e. The minimum absolute atomic E-state index is 0.0524. The van der Waals surface area contributed by atoms with Crippen molar-refractivity contribution in [1.82, 2.24) is 0 Å². The zero-order valence-corrected chi connectivity index (χ0v) is 13.3. The van der Waals surface area contributed by atoms with Crippen molar-refractivity contribution in [2.24, 2.45) is 0 Å². The Hall–Kier alpha value is -2.46. The molecule has 0 aromatic heterocycles. The van der Waals surface area contributed by atoms with Gasteiger partial charge in [-0.15, -0.1) is 0 Å². The van der Waals surface area contributed by atoms with Gasteiger partial charge < -0.3 is 16.1 Å². The Morgan fingerprint density at radius 1 is 1.04 bits per heavy atom. The molecule has 0 saturated carbocycles. The summed E-state index contributed by atoms with van der Waals surface area (Å²) in [5.41, 5.74) is 2.64. The van der Waals surface area contributed by atoms with Gasteiger partial charge in [0.25, 0.3) is 0 Å². The lowest BCUT2D eigenvalue weighted by Crippen LogP contribution is -2.12. The number of amides is 1. The molecule has 0 fully saturated rings. The smallest absolute Gasteiger partial charge is 0.224 e. The van der Waals surface area contributed by atoms with Gasteiger partial charge in [-0.05, 0) is 41.8 Å². The second kappa shape index (κ2) is 8.25. The van der Waals surface area contributed by atoms with E-state index in [1.165, 1.54) is 12.4 Å². The van der Waals surface area contributed by atoms with E-state index in [1.54, 1.807) is 12.1 Å². The summed E-state index contributed by atoms with van der Waals surface area (Å²) in [6, 6.07) is 14.7. The van der Waals surface area contributed by atoms with E-state index in [0.717, 1.165) is 11.1 Å². The third-order valence-corrected chi connectivity index (χ3v) is 3.74. The van der Waals surface area contributed by atoms with Gasteiger partial charge >= 0.3 is 0 Å². The highest BCUT2D eigenvalue weighted by Gasteiger charge is 2.06. The first-order chi connectivity index (χ1) is 11.1. The summed E-state index contributed by atoms with van der Waals surface area (Å²) in [5, 5.41) is 18.1. The molecule has 5 heteroatoms. The van der Waals surface area contributed by atoms with Crippen LogP contribution in [0.1, 0.15) is 23.5 Å². The Kier molecular flexibility index (Phi) is 6.06. The Balaban J connectivity index is 1.88. The fourth-order valence-corrected chi connectivity index (χ4v) is 2.29. The molecule has 2 aromatic carbocycles. The van der Waals surface area contributed by atoms with Gasteiger partial charge in [0, 0.05) is 29.6 Å². The number of anilines is 1. The Labute approximate surface area is 140 Å². The van der Waals surface area contributed by atoms with Crippen LogP contribution in [0, 0.1) is 10.8 Å². The lowest BCUT2D eigenvalue weighted by Gasteiger charge is -2.09. The van der Waals surface area contributed by atoms with E-state index in [9.17, 15) is 4.79 Å². The summed E-state index contributed by atoms with van der Waals surface area (Å²) < 4.78 is 0. The highest BCUT2D eigenvalue weighted by atomic mass is 35.5. The fourth-order valence-electron chi connectivity index (χ4n) is 2.16. The number of aryl methyl sites for hydroxylation is 1. The van der Waals surface area contributed by atoms with Crippen LogP contribution in [0.3, 0.4) is 0 Å². The van der Waals surface area contributed by atoms with E-state index >= 15 is 0 Å². The summed E-state index contributed by atoms with van der Waals surface area (Å²) in [6.07, 6.45) is 3.48. The zero-order valence-electron chi connectivity index (χ0n) is 12.6. The SMILES string of the molecule is N=CC(C=N)c1ccc(NC(=O)CCc2ccc(Cl)cc2)cc1. The maximum atomic E-state index is 12.0. The number of carbonyl (C=O) groups is 1. The third-order valence-electron chi connectivity index (χ3n) is 3.49. The van der Waals surface area contributed by atoms with Crippen molar-refractivity contribution in [1.29, 1.82) is 10.8 Å². The largest absolute Gasteiger partial charge is 0.326 e. The number of nitrogens with one attached hydrogen (secondary N) is 3. The summed E-state index contributed by atoms with van der Waals surface area (Å²) in [5.74, 6) is -0.368. The van der Waals surface area contributed by atoms with Crippen LogP contribution < -0.4 is 5.32 Å². The van der Waals surface area contributed by atoms with Gasteiger partial charge in [0.1, 0.15) is 0 Å². The number of hydrogen-bond acceptors (Lipinski definition) is 3. The third kappa shape index (κ3) is 5.04. The second-order valence-corrected chi connectivity index (χ2v) is 5.59. The van der Waals surface area contributed by atoms with Gasteiger partial charge in [0.2, 0.25) is 5.91 Å². The lowest BCUT2D eigenvalue weighted by atomic mass is 10.0. The minimum atomic E-state index is -0.315. The number of carbonyl (C=O) groups excluding carboxylic acids is 1. The summed E-state index contributed by atoms with van der Waals surface area (Å²) in [7, 11) is 0. The van der Waals surface area contributed by atoms with Gasteiger partial charge in [0.05, 0.1) is 5.92 Å². The topological polar surface area (TPSA) is 76.8 Å². The predicted molar refractivity (Wildman–Crippen MR) is 95.2 cm³/mol. The van der Waals surface area contributed by atoms with Gasteiger partial charge in [-0.1, -0.05) is 35.9 Å².